The molecule has 0 aromatic heterocycles. The first-order valence-corrected chi connectivity index (χ1v) is 9.13. The first-order chi connectivity index (χ1) is 12.4. The highest BCUT2D eigenvalue weighted by molar-refractivity contribution is 14.0. The van der Waals surface area contributed by atoms with E-state index in [1.807, 2.05) is 6.92 Å². The van der Waals surface area contributed by atoms with E-state index in [2.05, 4.69) is 34.8 Å². The van der Waals surface area contributed by atoms with E-state index in [1.165, 1.54) is 24.3 Å². The van der Waals surface area contributed by atoms with E-state index in [-0.39, 0.29) is 48.9 Å². The van der Waals surface area contributed by atoms with Crippen molar-refractivity contribution in [3.63, 3.8) is 0 Å². The molecule has 0 aliphatic carbocycles. The predicted molar refractivity (Wildman–Crippen MR) is 119 cm³/mol. The van der Waals surface area contributed by atoms with Crippen LogP contribution in [0.4, 0.5) is 10.1 Å². The van der Waals surface area contributed by atoms with Gasteiger partial charge in [0.25, 0.3) is 0 Å². The molecule has 0 spiro atoms. The highest BCUT2D eigenvalue weighted by atomic mass is 127. The number of carbonyl (C=O) groups excluding carboxylic acids is 1. The van der Waals surface area contributed by atoms with Gasteiger partial charge in [0.1, 0.15) is 12.4 Å². The molecule has 0 radical (unpaired) electrons. The summed E-state index contributed by atoms with van der Waals surface area (Å²) in [5.41, 5.74) is 0.532. The van der Waals surface area contributed by atoms with Crippen LogP contribution in [0.5, 0.6) is 0 Å². The van der Waals surface area contributed by atoms with Gasteiger partial charge >= 0.3 is 0 Å². The third kappa shape index (κ3) is 11.8. The number of amides is 1. The van der Waals surface area contributed by atoms with Gasteiger partial charge in [-0.05, 0) is 55.9 Å². The van der Waals surface area contributed by atoms with E-state index in [4.69, 9.17) is 0 Å². The molecule has 8 heteroatoms. The molecule has 0 heterocycles. The lowest BCUT2D eigenvalue weighted by atomic mass is 9.94. The lowest BCUT2D eigenvalue weighted by Gasteiger charge is -2.20. The highest BCUT2D eigenvalue weighted by Crippen LogP contribution is 2.14. The summed E-state index contributed by atoms with van der Waals surface area (Å²) in [6.45, 7) is 7.75. The third-order valence-electron chi connectivity index (χ3n) is 3.75. The number of aliphatic hydroxyl groups is 1. The van der Waals surface area contributed by atoms with Crippen molar-refractivity contribution in [3.05, 3.63) is 30.1 Å². The number of halogens is 2. The van der Waals surface area contributed by atoms with Gasteiger partial charge in [-0.3, -0.25) is 4.79 Å². The summed E-state index contributed by atoms with van der Waals surface area (Å²) in [6, 6.07) is 5.60. The summed E-state index contributed by atoms with van der Waals surface area (Å²) < 4.78 is 12.9. The van der Waals surface area contributed by atoms with Crippen molar-refractivity contribution in [2.45, 2.75) is 33.6 Å². The monoisotopic (exact) mass is 494 g/mol. The second-order valence-electron chi connectivity index (χ2n) is 6.64. The van der Waals surface area contributed by atoms with Gasteiger partial charge in [-0.25, -0.2) is 9.38 Å². The Hall–Kier alpha value is -1.42. The number of benzene rings is 1. The summed E-state index contributed by atoms with van der Waals surface area (Å²) in [7, 11) is 0. The number of rotatable bonds is 10. The zero-order chi connectivity index (χ0) is 19.4. The molecule has 27 heavy (non-hydrogen) atoms. The standard InChI is InChI=1S/C19H31FN4O2.HI/c1-4-21-19(22-12-15(9-10-25)11-14(2)3)23-13-18(26)24-17-7-5-16(20)6-8-17;/h5-8,14-15,25H,4,9-13H2,1-3H3,(H,24,26)(H2,21,22,23);1H. The van der Waals surface area contributed by atoms with Gasteiger partial charge in [-0.1, -0.05) is 13.8 Å². The maximum absolute atomic E-state index is 12.9. The molecule has 0 saturated heterocycles. The maximum Gasteiger partial charge on any atom is 0.246 e. The minimum atomic E-state index is -0.349. The fraction of sp³-hybridized carbons (Fsp3) is 0.579. The van der Waals surface area contributed by atoms with Crippen LogP contribution >= 0.6 is 24.0 Å². The summed E-state index contributed by atoms with van der Waals surface area (Å²) in [5, 5.41) is 18.2. The van der Waals surface area contributed by atoms with E-state index < -0.39 is 0 Å². The molecule has 0 fully saturated rings. The Kier molecular flexibility index (Phi) is 13.8. The Balaban J connectivity index is 0.00000676. The average molecular weight is 494 g/mol. The van der Waals surface area contributed by atoms with Crippen molar-refractivity contribution in [1.29, 1.82) is 0 Å². The minimum Gasteiger partial charge on any atom is -0.396 e. The van der Waals surface area contributed by atoms with Crippen LogP contribution in [0.2, 0.25) is 0 Å². The van der Waals surface area contributed by atoms with Crippen LogP contribution in [-0.2, 0) is 4.79 Å². The fourth-order valence-corrected chi connectivity index (χ4v) is 2.62. The van der Waals surface area contributed by atoms with Gasteiger partial charge in [0.15, 0.2) is 5.96 Å². The van der Waals surface area contributed by atoms with Gasteiger partial charge in [0, 0.05) is 25.4 Å². The number of carbonyl (C=O) groups is 1. The molecule has 1 rings (SSSR count). The number of nitrogens with one attached hydrogen (secondary N) is 3. The Bertz CT molecular complexity index is 567. The average Bonchev–Trinajstić information content (AvgIpc) is 2.59. The second kappa shape index (κ2) is 14.6. The van der Waals surface area contributed by atoms with Crippen LogP contribution in [-0.4, -0.2) is 43.2 Å². The van der Waals surface area contributed by atoms with Gasteiger partial charge in [-0.15, -0.1) is 24.0 Å². The quantitative estimate of drug-likeness (QED) is 0.229. The van der Waals surface area contributed by atoms with E-state index >= 15 is 0 Å². The largest absolute Gasteiger partial charge is 0.396 e. The molecule has 154 valence electrons. The summed E-state index contributed by atoms with van der Waals surface area (Å²) in [4.78, 5) is 16.3. The first kappa shape index (κ1) is 25.6. The lowest BCUT2D eigenvalue weighted by Crippen LogP contribution is -2.40. The van der Waals surface area contributed by atoms with Crippen molar-refractivity contribution in [2.24, 2.45) is 16.8 Å². The highest BCUT2D eigenvalue weighted by Gasteiger charge is 2.11. The van der Waals surface area contributed by atoms with Crippen molar-refractivity contribution >= 4 is 41.5 Å². The van der Waals surface area contributed by atoms with Crippen LogP contribution in [0.3, 0.4) is 0 Å². The number of guanidine groups is 1. The number of anilines is 1. The molecule has 1 amide bonds. The smallest absolute Gasteiger partial charge is 0.246 e. The van der Waals surface area contributed by atoms with Crippen LogP contribution < -0.4 is 16.0 Å². The topological polar surface area (TPSA) is 85.8 Å². The third-order valence-corrected chi connectivity index (χ3v) is 3.75. The van der Waals surface area contributed by atoms with E-state index in [0.29, 0.717) is 36.6 Å². The van der Waals surface area contributed by atoms with E-state index in [1.54, 1.807) is 0 Å². The van der Waals surface area contributed by atoms with Crippen LogP contribution in [0, 0.1) is 17.7 Å². The summed E-state index contributed by atoms with van der Waals surface area (Å²) >= 11 is 0. The Morgan fingerprint density at radius 3 is 2.44 bits per heavy atom. The number of hydrogen-bond acceptors (Lipinski definition) is 3. The van der Waals surface area contributed by atoms with Crippen LogP contribution in [0.1, 0.15) is 33.6 Å². The molecule has 6 nitrogen and oxygen atoms in total. The van der Waals surface area contributed by atoms with Crippen LogP contribution in [0.15, 0.2) is 29.3 Å². The molecule has 0 aliphatic rings. The number of nitrogens with zero attached hydrogens (tertiary/aromatic N) is 1. The summed E-state index contributed by atoms with van der Waals surface area (Å²) in [6.07, 6.45) is 1.74. The van der Waals surface area contributed by atoms with Gasteiger partial charge in [0.2, 0.25) is 5.91 Å². The van der Waals surface area contributed by atoms with Gasteiger partial charge in [-0.2, -0.15) is 0 Å². The SMILES string of the molecule is CCNC(=NCC(=O)Nc1ccc(F)cc1)NCC(CCO)CC(C)C.I. The fourth-order valence-electron chi connectivity index (χ4n) is 2.62. The van der Waals surface area contributed by atoms with Crippen molar-refractivity contribution in [3.8, 4) is 0 Å². The molecule has 4 N–H and O–H groups in total. The molecular weight excluding hydrogens is 462 g/mol. The first-order valence-electron chi connectivity index (χ1n) is 9.13. The van der Waals surface area contributed by atoms with Gasteiger partial charge in [0.05, 0.1) is 0 Å². The Labute approximate surface area is 178 Å². The van der Waals surface area contributed by atoms with Crippen LogP contribution in [0.25, 0.3) is 0 Å². The zero-order valence-electron chi connectivity index (χ0n) is 16.3. The molecule has 0 saturated carbocycles. The molecule has 1 atom stereocenters. The second-order valence-corrected chi connectivity index (χ2v) is 6.64. The molecule has 1 aromatic carbocycles. The number of hydrogen-bond donors (Lipinski definition) is 4. The molecular formula is C19H32FIN4O2. The normalized spacial score (nSPS) is 12.3. The zero-order valence-corrected chi connectivity index (χ0v) is 18.6. The molecule has 0 aliphatic heterocycles. The molecule has 0 bridgehead atoms. The number of aliphatic hydroxyl groups excluding tert-OH is 1. The molecule has 1 unspecified atom stereocenters. The van der Waals surface area contributed by atoms with Crippen molar-refractivity contribution < 1.29 is 14.3 Å². The minimum absolute atomic E-state index is 0. The Morgan fingerprint density at radius 1 is 1.22 bits per heavy atom. The van der Waals surface area contributed by atoms with Crippen molar-refractivity contribution in [1.82, 2.24) is 10.6 Å². The number of aliphatic imine (C=N–C) groups is 1. The lowest BCUT2D eigenvalue weighted by molar-refractivity contribution is -0.114. The summed E-state index contributed by atoms with van der Waals surface area (Å²) in [5.74, 6) is 0.834. The predicted octanol–water partition coefficient (Wildman–Crippen LogP) is 2.98. The van der Waals surface area contributed by atoms with Crippen molar-refractivity contribution in [2.75, 3.05) is 31.6 Å². The Morgan fingerprint density at radius 2 is 1.89 bits per heavy atom. The van der Waals surface area contributed by atoms with Gasteiger partial charge < -0.3 is 21.1 Å². The van der Waals surface area contributed by atoms with E-state index in [9.17, 15) is 14.3 Å². The molecule has 1 aromatic rings. The van der Waals surface area contributed by atoms with E-state index in [0.717, 1.165) is 12.8 Å². The maximum atomic E-state index is 12.9.